The van der Waals surface area contributed by atoms with Gasteiger partial charge < -0.3 is 30.7 Å². The highest BCUT2D eigenvalue weighted by Gasteiger charge is 2.34. The summed E-state index contributed by atoms with van der Waals surface area (Å²) in [5.41, 5.74) is 1.78. The molecular weight excluding hydrogens is 511 g/mol. The lowest BCUT2D eigenvalue weighted by atomic mass is 10.1. The first kappa shape index (κ1) is 26.8. The molecule has 2 aromatic rings. The summed E-state index contributed by atoms with van der Waals surface area (Å²) in [5, 5.41) is 11.1. The van der Waals surface area contributed by atoms with E-state index in [0.717, 1.165) is 0 Å². The van der Waals surface area contributed by atoms with E-state index in [9.17, 15) is 9.59 Å². The van der Waals surface area contributed by atoms with Crippen molar-refractivity contribution in [3.05, 3.63) is 48.0 Å². The number of hydrogen-bond donors (Lipinski definition) is 4. The molecule has 0 aliphatic heterocycles. The Bertz CT molecular complexity index is 1020. The van der Waals surface area contributed by atoms with Crippen molar-refractivity contribution in [2.45, 2.75) is 23.3 Å². The number of amides is 2. The molecule has 1 atom stereocenters. The van der Waals surface area contributed by atoms with Gasteiger partial charge in [0.25, 0.3) is 0 Å². The molecule has 2 aromatic carbocycles. The van der Waals surface area contributed by atoms with Crippen molar-refractivity contribution in [2.24, 2.45) is 0 Å². The van der Waals surface area contributed by atoms with E-state index in [1.165, 1.54) is 21.1 Å². The Hall–Kier alpha value is -2.46. The summed E-state index contributed by atoms with van der Waals surface area (Å²) in [4.78, 5) is 23.9. The number of nitrogens with one attached hydrogen (secondary N) is 4. The molecule has 0 spiro atoms. The summed E-state index contributed by atoms with van der Waals surface area (Å²) >= 11 is 23.4. The molecule has 1 unspecified atom stereocenters. The predicted octanol–water partition coefficient (Wildman–Crippen LogP) is 4.00. The Morgan fingerprint density at radius 1 is 1.00 bits per heavy atom. The topological polar surface area (TPSA) is 101 Å². The Kier molecular flexibility index (Phi) is 9.85. The molecule has 0 heterocycles. The molecule has 8 nitrogen and oxygen atoms in total. The van der Waals surface area contributed by atoms with Gasteiger partial charge in [-0.25, -0.2) is 0 Å². The summed E-state index contributed by atoms with van der Waals surface area (Å²) < 4.78 is 8.56. The maximum absolute atomic E-state index is 12.7. The van der Waals surface area contributed by atoms with Gasteiger partial charge in [0.05, 0.1) is 20.6 Å². The van der Waals surface area contributed by atoms with E-state index in [1.807, 2.05) is 0 Å². The van der Waals surface area contributed by atoms with Gasteiger partial charge in [-0.2, -0.15) is 0 Å². The fraction of sp³-hybridized carbons (Fsp3) is 0.286. The van der Waals surface area contributed by atoms with E-state index < -0.39 is 15.9 Å². The third kappa shape index (κ3) is 8.77. The second-order valence-electron chi connectivity index (χ2n) is 6.76. The minimum atomic E-state index is -1.91. The minimum Gasteiger partial charge on any atom is -0.497 e. The Morgan fingerprint density at radius 3 is 2.24 bits per heavy atom. The zero-order chi connectivity index (χ0) is 24.6. The number of anilines is 2. The second kappa shape index (κ2) is 12.1. The summed E-state index contributed by atoms with van der Waals surface area (Å²) in [6.45, 7) is 1.40. The molecule has 0 bridgehead atoms. The molecular formula is C21H23Cl3N4O4S. The van der Waals surface area contributed by atoms with Crippen molar-refractivity contribution in [1.82, 2.24) is 10.6 Å². The Labute approximate surface area is 212 Å². The van der Waals surface area contributed by atoms with E-state index in [2.05, 4.69) is 21.3 Å². The van der Waals surface area contributed by atoms with Crippen molar-refractivity contribution in [2.75, 3.05) is 24.9 Å². The molecule has 0 aromatic heterocycles. The highest BCUT2D eigenvalue weighted by molar-refractivity contribution is 7.80. The average Bonchev–Trinajstić information content (AvgIpc) is 2.72. The van der Waals surface area contributed by atoms with Gasteiger partial charge in [-0.15, -0.1) is 0 Å². The molecule has 0 aliphatic carbocycles. The van der Waals surface area contributed by atoms with E-state index in [-0.39, 0.29) is 17.4 Å². The number of rotatable bonds is 8. The quantitative estimate of drug-likeness (QED) is 0.231. The number of alkyl halides is 3. The molecule has 0 aliphatic rings. The van der Waals surface area contributed by atoms with Crippen LogP contribution in [-0.4, -0.2) is 41.1 Å². The maximum Gasteiger partial charge on any atom is 0.228 e. The van der Waals surface area contributed by atoms with Gasteiger partial charge in [0.1, 0.15) is 17.7 Å². The number of halogens is 3. The molecule has 2 rings (SSSR count). The molecule has 0 fully saturated rings. The number of carbonyl (C=O) groups excluding carboxylic acids is 2. The summed E-state index contributed by atoms with van der Waals surface area (Å²) in [7, 11) is 3.03. The van der Waals surface area contributed by atoms with Crippen LogP contribution in [0.15, 0.2) is 42.5 Å². The van der Waals surface area contributed by atoms with Crippen LogP contribution in [0.2, 0.25) is 0 Å². The summed E-state index contributed by atoms with van der Waals surface area (Å²) in [6, 6.07) is 12.0. The maximum atomic E-state index is 12.7. The lowest BCUT2D eigenvalue weighted by Gasteiger charge is -2.28. The molecule has 0 saturated carbocycles. The van der Waals surface area contributed by atoms with Crippen LogP contribution in [0, 0.1) is 0 Å². The number of methoxy groups -OCH3 is 2. The smallest absolute Gasteiger partial charge is 0.228 e. The van der Waals surface area contributed by atoms with E-state index in [1.54, 1.807) is 42.5 Å². The number of benzene rings is 2. The fourth-order valence-electron chi connectivity index (χ4n) is 2.76. The van der Waals surface area contributed by atoms with Crippen molar-refractivity contribution < 1.29 is 19.1 Å². The normalized spacial score (nSPS) is 11.7. The lowest BCUT2D eigenvalue weighted by Crippen LogP contribution is -2.56. The van der Waals surface area contributed by atoms with Crippen molar-refractivity contribution in [3.8, 4) is 11.5 Å². The zero-order valence-corrected chi connectivity index (χ0v) is 21.1. The van der Waals surface area contributed by atoms with Gasteiger partial charge >= 0.3 is 0 Å². The molecule has 178 valence electrons. The molecule has 33 heavy (non-hydrogen) atoms. The first-order valence-electron chi connectivity index (χ1n) is 9.54. The third-order valence-electron chi connectivity index (χ3n) is 4.19. The Morgan fingerprint density at radius 2 is 1.67 bits per heavy atom. The lowest BCUT2D eigenvalue weighted by molar-refractivity contribution is -0.121. The van der Waals surface area contributed by atoms with E-state index >= 15 is 0 Å². The van der Waals surface area contributed by atoms with Gasteiger partial charge in [0, 0.05) is 29.9 Å². The fourth-order valence-corrected chi connectivity index (χ4v) is 3.32. The van der Waals surface area contributed by atoms with Crippen LogP contribution in [0.25, 0.3) is 0 Å². The average molecular weight is 534 g/mol. The van der Waals surface area contributed by atoms with Gasteiger partial charge in [-0.3, -0.25) is 9.59 Å². The SMILES string of the molecule is COc1ccc(CC(=O)NC(NC(=S)Nc2cccc(NC(C)=O)c2)C(Cl)(Cl)Cl)c(OC)c1. The molecule has 0 radical (unpaired) electrons. The van der Waals surface area contributed by atoms with Gasteiger partial charge in [0.15, 0.2) is 5.11 Å². The van der Waals surface area contributed by atoms with Gasteiger partial charge in [-0.05, 0) is 36.5 Å². The van der Waals surface area contributed by atoms with Gasteiger partial charge in [-0.1, -0.05) is 46.9 Å². The highest BCUT2D eigenvalue weighted by Crippen LogP contribution is 2.30. The Balaban J connectivity index is 2.06. The first-order valence-corrected chi connectivity index (χ1v) is 11.1. The molecule has 0 saturated heterocycles. The van der Waals surface area contributed by atoms with Crippen LogP contribution in [-0.2, 0) is 16.0 Å². The van der Waals surface area contributed by atoms with Crippen LogP contribution < -0.4 is 30.7 Å². The van der Waals surface area contributed by atoms with Crippen LogP contribution in [0.5, 0.6) is 11.5 Å². The minimum absolute atomic E-state index is 0.0367. The molecule has 4 N–H and O–H groups in total. The predicted molar refractivity (Wildman–Crippen MR) is 136 cm³/mol. The largest absolute Gasteiger partial charge is 0.497 e. The number of thiocarbonyl (C=S) groups is 1. The third-order valence-corrected chi connectivity index (χ3v) is 5.07. The zero-order valence-electron chi connectivity index (χ0n) is 18.0. The van der Waals surface area contributed by atoms with E-state index in [4.69, 9.17) is 56.5 Å². The molecule has 2 amide bonds. The number of carbonyl (C=O) groups is 2. The number of ether oxygens (including phenoxy) is 2. The first-order chi connectivity index (χ1) is 15.5. The second-order valence-corrected chi connectivity index (χ2v) is 9.53. The van der Waals surface area contributed by atoms with Crippen molar-refractivity contribution in [3.63, 3.8) is 0 Å². The van der Waals surface area contributed by atoms with Crippen LogP contribution in [0.3, 0.4) is 0 Å². The van der Waals surface area contributed by atoms with Gasteiger partial charge in [0.2, 0.25) is 15.6 Å². The van der Waals surface area contributed by atoms with Crippen molar-refractivity contribution in [1.29, 1.82) is 0 Å². The number of hydrogen-bond acceptors (Lipinski definition) is 5. The summed E-state index contributed by atoms with van der Waals surface area (Å²) in [5.74, 6) is 0.438. The van der Waals surface area contributed by atoms with Crippen molar-refractivity contribution >= 4 is 75.3 Å². The van der Waals surface area contributed by atoms with E-state index in [0.29, 0.717) is 28.4 Å². The standard InChI is InChI=1S/C21H23Cl3N4O4S/c1-12(29)25-14-5-4-6-15(10-14)26-20(33)28-19(21(22,23)24)27-18(30)9-13-7-8-16(31-2)11-17(13)32-3/h4-8,10-11,19H,9H2,1-3H3,(H,25,29)(H,27,30)(H2,26,28,33). The van der Waals surface area contributed by atoms with Crippen LogP contribution in [0.1, 0.15) is 12.5 Å². The van der Waals surface area contributed by atoms with Crippen LogP contribution >= 0.6 is 47.0 Å². The monoisotopic (exact) mass is 532 g/mol. The van der Waals surface area contributed by atoms with Crippen LogP contribution in [0.4, 0.5) is 11.4 Å². The highest BCUT2D eigenvalue weighted by atomic mass is 35.6. The summed E-state index contributed by atoms with van der Waals surface area (Å²) in [6.07, 6.45) is -1.18. The molecule has 12 heteroatoms.